The molecule has 0 amide bonds. The number of piperidine rings is 2. The molecule has 1 N–H and O–H groups in total. The Morgan fingerprint density at radius 1 is 1.10 bits per heavy atom. The molecule has 1 aromatic rings. The maximum absolute atomic E-state index is 12.7. The minimum Gasteiger partial charge on any atom is -0.381 e. The van der Waals surface area contributed by atoms with Crippen molar-refractivity contribution in [1.82, 2.24) is 19.2 Å². The fraction of sp³-hybridized carbons (Fsp3) is 0.789. The van der Waals surface area contributed by atoms with Gasteiger partial charge in [-0.15, -0.1) is 0 Å². The summed E-state index contributed by atoms with van der Waals surface area (Å²) in [4.78, 5) is 9.71. The molecule has 0 atom stereocenters. The van der Waals surface area contributed by atoms with E-state index in [1.54, 1.807) is 7.11 Å². The average molecular weight is 466 g/mol. The summed E-state index contributed by atoms with van der Waals surface area (Å²) in [6, 6.07) is -0.0785. The first kappa shape index (κ1) is 24.1. The number of aromatic nitrogens is 2. The average Bonchev–Trinajstić information content (AvgIpc) is 2.74. The lowest BCUT2D eigenvalue weighted by atomic mass is 10.1. The molecular formula is C19H30F3N5O3S. The van der Waals surface area contributed by atoms with Crippen LogP contribution in [0, 0.1) is 0 Å². The number of nitrogens with zero attached hydrogens (tertiary/aromatic N) is 4. The van der Waals surface area contributed by atoms with Gasteiger partial charge in [0.15, 0.2) is 0 Å². The Morgan fingerprint density at radius 2 is 1.71 bits per heavy atom. The van der Waals surface area contributed by atoms with Crippen molar-refractivity contribution in [3.8, 4) is 0 Å². The van der Waals surface area contributed by atoms with Gasteiger partial charge in [0.05, 0.1) is 17.4 Å². The van der Waals surface area contributed by atoms with Crippen molar-refractivity contribution < 1.29 is 26.3 Å². The van der Waals surface area contributed by atoms with Crippen molar-refractivity contribution >= 4 is 16.0 Å². The maximum atomic E-state index is 12.7. The van der Waals surface area contributed by atoms with E-state index < -0.39 is 21.8 Å². The Bertz CT molecular complexity index is 791. The maximum Gasteiger partial charge on any atom is 0.419 e. The van der Waals surface area contributed by atoms with Crippen LogP contribution in [0.2, 0.25) is 0 Å². The number of likely N-dealkylation sites (tertiary alicyclic amines) is 1. The van der Waals surface area contributed by atoms with E-state index in [0.717, 1.165) is 44.9 Å². The molecule has 2 fully saturated rings. The highest BCUT2D eigenvalue weighted by Gasteiger charge is 2.32. The number of anilines is 1. The minimum atomic E-state index is -4.47. The van der Waals surface area contributed by atoms with E-state index in [9.17, 15) is 21.6 Å². The lowest BCUT2D eigenvalue weighted by Gasteiger charge is -2.33. The summed E-state index contributed by atoms with van der Waals surface area (Å²) in [6.45, 7) is 3.38. The number of ether oxygens (including phenoxy) is 1. The van der Waals surface area contributed by atoms with E-state index in [-0.39, 0.29) is 17.7 Å². The van der Waals surface area contributed by atoms with Crippen LogP contribution < -0.4 is 5.32 Å². The number of rotatable bonds is 8. The van der Waals surface area contributed by atoms with Crippen LogP contribution in [0.15, 0.2) is 12.4 Å². The number of halogens is 3. The smallest absolute Gasteiger partial charge is 0.381 e. The summed E-state index contributed by atoms with van der Waals surface area (Å²) >= 11 is 0. The summed E-state index contributed by atoms with van der Waals surface area (Å²) in [5.74, 6) is 0.240. The lowest BCUT2D eigenvalue weighted by molar-refractivity contribution is -0.138. The molecule has 0 spiro atoms. The monoisotopic (exact) mass is 465 g/mol. The van der Waals surface area contributed by atoms with Crippen LogP contribution in [0.25, 0.3) is 0 Å². The highest BCUT2D eigenvalue weighted by atomic mass is 32.2. The first-order valence-electron chi connectivity index (χ1n) is 10.6. The Morgan fingerprint density at radius 3 is 2.26 bits per heavy atom. The van der Waals surface area contributed by atoms with Crippen LogP contribution in [0.1, 0.15) is 37.7 Å². The van der Waals surface area contributed by atoms with Crippen LogP contribution >= 0.6 is 0 Å². The van der Waals surface area contributed by atoms with Crippen LogP contribution in [-0.4, -0.2) is 85.3 Å². The zero-order valence-corrected chi connectivity index (χ0v) is 18.5. The summed E-state index contributed by atoms with van der Waals surface area (Å²) in [6.07, 6.45) is 0.972. The molecule has 3 heterocycles. The summed E-state index contributed by atoms with van der Waals surface area (Å²) in [7, 11) is -1.60. The third-order valence-corrected chi connectivity index (χ3v) is 7.86. The standard InChI is InChI=1S/C19H30F3N5O3S/c1-30-17-5-8-26(9-6-17)7-2-12-31(28,29)27-10-3-16(4-11-27)25-18-23-13-15(14-24-18)19(20,21)22/h13-14,16-17H,2-12H2,1H3,(H,23,24,25). The van der Waals surface area contributed by atoms with Gasteiger partial charge < -0.3 is 15.0 Å². The molecule has 8 nitrogen and oxygen atoms in total. The largest absolute Gasteiger partial charge is 0.419 e. The highest BCUT2D eigenvalue weighted by Crippen LogP contribution is 2.28. The molecule has 2 aliphatic heterocycles. The number of sulfonamides is 1. The molecule has 1 aromatic heterocycles. The topological polar surface area (TPSA) is 87.7 Å². The first-order valence-corrected chi connectivity index (χ1v) is 12.2. The molecule has 0 bridgehead atoms. The van der Waals surface area contributed by atoms with Gasteiger partial charge in [0.25, 0.3) is 0 Å². The SMILES string of the molecule is COC1CCN(CCCS(=O)(=O)N2CCC(Nc3ncc(C(F)(F)F)cn3)CC2)CC1. The number of alkyl halides is 3. The van der Waals surface area contributed by atoms with Crippen LogP contribution in [0.3, 0.4) is 0 Å². The van der Waals surface area contributed by atoms with E-state index in [4.69, 9.17) is 4.74 Å². The Hall–Kier alpha value is -1.50. The molecule has 31 heavy (non-hydrogen) atoms. The number of hydrogen-bond acceptors (Lipinski definition) is 7. The van der Waals surface area contributed by atoms with E-state index in [0.29, 0.717) is 38.5 Å². The van der Waals surface area contributed by atoms with Crippen molar-refractivity contribution in [1.29, 1.82) is 0 Å². The van der Waals surface area contributed by atoms with E-state index in [1.807, 2.05) is 0 Å². The molecule has 0 aromatic carbocycles. The zero-order chi connectivity index (χ0) is 22.5. The molecule has 3 rings (SSSR count). The van der Waals surface area contributed by atoms with Gasteiger partial charge >= 0.3 is 6.18 Å². The van der Waals surface area contributed by atoms with Gasteiger partial charge in [-0.05, 0) is 38.6 Å². The third-order valence-electron chi connectivity index (χ3n) is 5.90. The first-order chi connectivity index (χ1) is 14.7. The quantitative estimate of drug-likeness (QED) is 0.630. The highest BCUT2D eigenvalue weighted by molar-refractivity contribution is 7.89. The molecule has 0 aliphatic carbocycles. The van der Waals surface area contributed by atoms with Crippen LogP contribution in [0.5, 0.6) is 0 Å². The van der Waals surface area contributed by atoms with E-state index in [2.05, 4.69) is 20.2 Å². The van der Waals surface area contributed by atoms with Crippen molar-refractivity contribution in [2.24, 2.45) is 0 Å². The van der Waals surface area contributed by atoms with E-state index >= 15 is 0 Å². The van der Waals surface area contributed by atoms with Gasteiger partial charge in [0.2, 0.25) is 16.0 Å². The number of hydrogen-bond donors (Lipinski definition) is 1. The van der Waals surface area contributed by atoms with Crippen LogP contribution in [-0.2, 0) is 20.9 Å². The second-order valence-corrected chi connectivity index (χ2v) is 10.1. The number of methoxy groups -OCH3 is 1. The van der Waals surface area contributed by atoms with Crippen LogP contribution in [0.4, 0.5) is 19.1 Å². The van der Waals surface area contributed by atoms with Crippen molar-refractivity contribution in [2.75, 3.05) is 50.9 Å². The van der Waals surface area contributed by atoms with Gasteiger partial charge in [-0.3, -0.25) is 0 Å². The molecule has 12 heteroatoms. The second-order valence-electron chi connectivity index (χ2n) is 8.06. The normalized spacial score (nSPS) is 20.8. The Balaban J connectivity index is 1.39. The van der Waals surface area contributed by atoms with Gasteiger partial charge in [-0.25, -0.2) is 22.7 Å². The summed E-state index contributed by atoms with van der Waals surface area (Å²) < 4.78 is 69.9. The van der Waals surface area contributed by atoms with Gasteiger partial charge in [-0.1, -0.05) is 0 Å². The molecule has 0 radical (unpaired) electrons. The Labute approximate surface area is 181 Å². The molecule has 2 saturated heterocycles. The van der Waals surface area contributed by atoms with Crippen molar-refractivity contribution in [3.05, 3.63) is 18.0 Å². The van der Waals surface area contributed by atoms with Crippen molar-refractivity contribution in [2.45, 2.75) is 50.4 Å². The van der Waals surface area contributed by atoms with Gasteiger partial charge in [0, 0.05) is 51.7 Å². The lowest BCUT2D eigenvalue weighted by Crippen LogP contribution is -2.44. The van der Waals surface area contributed by atoms with Gasteiger partial charge in [0.1, 0.15) is 0 Å². The molecule has 0 unspecified atom stereocenters. The molecule has 2 aliphatic rings. The summed E-state index contributed by atoms with van der Waals surface area (Å²) in [5.41, 5.74) is -0.901. The zero-order valence-electron chi connectivity index (χ0n) is 17.6. The number of nitrogens with one attached hydrogen (secondary N) is 1. The molecule has 0 saturated carbocycles. The molecular weight excluding hydrogens is 435 g/mol. The Kier molecular flexibility index (Phi) is 8.11. The van der Waals surface area contributed by atoms with Crippen molar-refractivity contribution in [3.63, 3.8) is 0 Å². The predicted molar refractivity (Wildman–Crippen MR) is 110 cm³/mol. The third kappa shape index (κ3) is 6.99. The fourth-order valence-corrected chi connectivity index (χ4v) is 5.50. The predicted octanol–water partition coefficient (Wildman–Crippen LogP) is 2.20. The summed E-state index contributed by atoms with van der Waals surface area (Å²) in [5, 5.41) is 3.00. The molecule has 176 valence electrons. The minimum absolute atomic E-state index is 0.0785. The van der Waals surface area contributed by atoms with Gasteiger partial charge in [-0.2, -0.15) is 13.2 Å². The second kappa shape index (κ2) is 10.4. The van der Waals surface area contributed by atoms with E-state index in [1.165, 1.54) is 4.31 Å². The fourth-order valence-electron chi connectivity index (χ4n) is 3.98.